The van der Waals surface area contributed by atoms with Crippen molar-refractivity contribution in [1.29, 1.82) is 0 Å². The van der Waals surface area contributed by atoms with Crippen molar-refractivity contribution in [3.8, 4) is 11.4 Å². The molecule has 0 aliphatic rings. The Balaban J connectivity index is 1.61. The zero-order valence-electron chi connectivity index (χ0n) is 17.1. The number of hydrogen-bond acceptors (Lipinski definition) is 6. The Morgan fingerprint density at radius 2 is 1.91 bits per heavy atom. The van der Waals surface area contributed by atoms with Crippen LogP contribution >= 0.6 is 0 Å². The number of carbonyl (C=O) groups is 2. The van der Waals surface area contributed by atoms with Gasteiger partial charge in [0.1, 0.15) is 12.9 Å². The Labute approximate surface area is 184 Å². The second kappa shape index (κ2) is 9.46. The molecule has 0 bridgehead atoms. The molecule has 33 heavy (non-hydrogen) atoms. The van der Waals surface area contributed by atoms with Gasteiger partial charge >= 0.3 is 6.18 Å². The average molecular weight is 462 g/mol. The van der Waals surface area contributed by atoms with E-state index in [9.17, 15) is 32.9 Å². The van der Waals surface area contributed by atoms with Crippen molar-refractivity contribution in [3.63, 3.8) is 0 Å². The van der Waals surface area contributed by atoms with Crippen molar-refractivity contribution in [3.05, 3.63) is 70.5 Å². The number of nitro groups is 1. The predicted octanol–water partition coefficient (Wildman–Crippen LogP) is 2.97. The average Bonchev–Trinajstić information content (AvgIpc) is 3.21. The third-order valence-corrected chi connectivity index (χ3v) is 4.46. The molecule has 1 N–H and O–H groups in total. The van der Waals surface area contributed by atoms with Gasteiger partial charge in [0.15, 0.2) is 5.82 Å². The predicted molar refractivity (Wildman–Crippen MR) is 110 cm³/mol. The number of carbonyl (C=O) groups excluding carboxylic acids is 2. The Morgan fingerprint density at radius 3 is 2.61 bits per heavy atom. The molecule has 0 radical (unpaired) electrons. The highest BCUT2D eigenvalue weighted by atomic mass is 19.4. The quantitative estimate of drug-likeness (QED) is 0.425. The van der Waals surface area contributed by atoms with Gasteiger partial charge in [0.25, 0.3) is 5.69 Å². The Kier molecular flexibility index (Phi) is 6.70. The van der Waals surface area contributed by atoms with Gasteiger partial charge in [-0.05, 0) is 12.1 Å². The first-order valence-electron chi connectivity index (χ1n) is 9.39. The van der Waals surface area contributed by atoms with E-state index in [2.05, 4.69) is 15.4 Å². The van der Waals surface area contributed by atoms with Gasteiger partial charge in [0, 0.05) is 24.7 Å². The van der Waals surface area contributed by atoms with Gasteiger partial charge in [-0.1, -0.05) is 24.3 Å². The number of rotatable bonds is 7. The summed E-state index contributed by atoms with van der Waals surface area (Å²) in [5.74, 6) is -1.20. The fraction of sp³-hybridized carbons (Fsp3) is 0.200. The minimum absolute atomic E-state index is 0.141. The number of para-hydroxylation sites is 1. The lowest BCUT2D eigenvalue weighted by Gasteiger charge is -2.18. The fourth-order valence-corrected chi connectivity index (χ4v) is 2.85. The zero-order valence-corrected chi connectivity index (χ0v) is 17.1. The largest absolute Gasteiger partial charge is 0.418 e. The van der Waals surface area contributed by atoms with Crippen LogP contribution in [0.25, 0.3) is 11.4 Å². The molecule has 1 aromatic heterocycles. The van der Waals surface area contributed by atoms with Gasteiger partial charge in [-0.25, -0.2) is 9.67 Å². The van der Waals surface area contributed by atoms with Gasteiger partial charge in [0.05, 0.1) is 22.7 Å². The number of amides is 2. The van der Waals surface area contributed by atoms with Gasteiger partial charge < -0.3 is 10.2 Å². The normalized spacial score (nSPS) is 11.2. The molecule has 0 fully saturated rings. The molecule has 2 aromatic carbocycles. The van der Waals surface area contributed by atoms with E-state index in [1.807, 2.05) is 0 Å². The van der Waals surface area contributed by atoms with Crippen molar-refractivity contribution >= 4 is 23.2 Å². The molecule has 13 heteroatoms. The molecular weight excluding hydrogens is 445 g/mol. The second-order valence-electron chi connectivity index (χ2n) is 6.91. The molecule has 10 nitrogen and oxygen atoms in total. The molecule has 0 aliphatic heterocycles. The molecule has 3 rings (SSSR count). The van der Waals surface area contributed by atoms with Crippen molar-refractivity contribution in [2.45, 2.75) is 12.7 Å². The molecule has 0 atom stereocenters. The minimum atomic E-state index is -4.64. The summed E-state index contributed by atoms with van der Waals surface area (Å²) in [5.41, 5.74) is -1.17. The van der Waals surface area contributed by atoms with Crippen molar-refractivity contribution in [2.24, 2.45) is 0 Å². The number of nitrogens with one attached hydrogen (secondary N) is 1. The summed E-state index contributed by atoms with van der Waals surface area (Å²) >= 11 is 0. The lowest BCUT2D eigenvalue weighted by atomic mass is 10.1. The SMILES string of the molecule is CN(CC(=O)Nc1ccccc1C(F)(F)F)C(=O)Cn1cnc(-c2cccc([N+](=O)[O-])c2)n1. The molecule has 1 heterocycles. The van der Waals surface area contributed by atoms with E-state index < -0.39 is 40.7 Å². The third kappa shape index (κ3) is 5.90. The number of nitro benzene ring substituents is 1. The minimum Gasteiger partial charge on any atom is -0.335 e. The summed E-state index contributed by atoms with van der Waals surface area (Å²) in [6, 6.07) is 10.2. The Bertz CT molecular complexity index is 1190. The number of likely N-dealkylation sites (N-methyl/N-ethyl adjacent to an activating group) is 1. The van der Waals surface area contributed by atoms with E-state index >= 15 is 0 Å². The molecule has 0 unspecified atom stereocenters. The number of non-ortho nitro benzene ring substituents is 1. The van der Waals surface area contributed by atoms with Gasteiger partial charge in [-0.3, -0.25) is 19.7 Å². The highest BCUT2D eigenvalue weighted by molar-refractivity contribution is 5.95. The maximum atomic E-state index is 13.1. The summed E-state index contributed by atoms with van der Waals surface area (Å²) in [6.07, 6.45) is -3.39. The third-order valence-electron chi connectivity index (χ3n) is 4.46. The summed E-state index contributed by atoms with van der Waals surface area (Å²) in [6.45, 7) is -0.789. The summed E-state index contributed by atoms with van der Waals surface area (Å²) in [5, 5.41) is 17.2. The van der Waals surface area contributed by atoms with Crippen molar-refractivity contribution < 1.29 is 27.7 Å². The van der Waals surface area contributed by atoms with Crippen LogP contribution in [0, 0.1) is 10.1 Å². The summed E-state index contributed by atoms with van der Waals surface area (Å²) < 4.78 is 40.3. The van der Waals surface area contributed by atoms with Crippen LogP contribution in [0.4, 0.5) is 24.5 Å². The van der Waals surface area contributed by atoms with Crippen molar-refractivity contribution in [2.75, 3.05) is 18.9 Å². The number of nitrogens with zero attached hydrogens (tertiary/aromatic N) is 5. The number of anilines is 1. The van der Waals surface area contributed by atoms with E-state index in [1.54, 1.807) is 6.07 Å². The molecule has 2 amide bonds. The van der Waals surface area contributed by atoms with Crippen LogP contribution in [0.2, 0.25) is 0 Å². The van der Waals surface area contributed by atoms with Crippen LogP contribution in [0.3, 0.4) is 0 Å². The number of alkyl halides is 3. The van der Waals surface area contributed by atoms with Crippen LogP contribution in [0.5, 0.6) is 0 Å². The number of halogens is 3. The first-order valence-corrected chi connectivity index (χ1v) is 9.39. The highest BCUT2D eigenvalue weighted by Gasteiger charge is 2.33. The lowest BCUT2D eigenvalue weighted by Crippen LogP contribution is -2.37. The van der Waals surface area contributed by atoms with Crippen LogP contribution in [0.15, 0.2) is 54.9 Å². The van der Waals surface area contributed by atoms with E-state index in [0.717, 1.165) is 17.0 Å². The Morgan fingerprint density at radius 1 is 1.18 bits per heavy atom. The lowest BCUT2D eigenvalue weighted by molar-refractivity contribution is -0.384. The molecule has 0 saturated carbocycles. The van der Waals surface area contributed by atoms with Crippen molar-refractivity contribution in [1.82, 2.24) is 19.7 Å². The molecule has 172 valence electrons. The number of aromatic nitrogens is 3. The highest BCUT2D eigenvalue weighted by Crippen LogP contribution is 2.34. The van der Waals surface area contributed by atoms with Gasteiger partial charge in [-0.15, -0.1) is 0 Å². The molecule has 0 spiro atoms. The van der Waals surface area contributed by atoms with E-state index in [-0.39, 0.29) is 18.1 Å². The fourth-order valence-electron chi connectivity index (χ4n) is 2.85. The maximum Gasteiger partial charge on any atom is 0.418 e. The first-order chi connectivity index (χ1) is 15.5. The van der Waals surface area contributed by atoms with Crippen LogP contribution in [0.1, 0.15) is 5.56 Å². The number of hydrogen-bond donors (Lipinski definition) is 1. The van der Waals surface area contributed by atoms with E-state index in [1.165, 1.54) is 48.4 Å². The van der Waals surface area contributed by atoms with E-state index in [0.29, 0.717) is 5.56 Å². The topological polar surface area (TPSA) is 123 Å². The maximum absolute atomic E-state index is 13.1. The van der Waals surface area contributed by atoms with Crippen LogP contribution in [-0.4, -0.2) is 50.0 Å². The molecule has 0 saturated heterocycles. The van der Waals surface area contributed by atoms with Crippen LogP contribution < -0.4 is 5.32 Å². The van der Waals surface area contributed by atoms with Crippen LogP contribution in [-0.2, 0) is 22.3 Å². The van der Waals surface area contributed by atoms with E-state index in [4.69, 9.17) is 0 Å². The monoisotopic (exact) mass is 462 g/mol. The molecular formula is C20H17F3N6O4. The first kappa shape index (κ1) is 23.4. The Hall–Kier alpha value is -4.29. The zero-order chi connectivity index (χ0) is 24.2. The smallest absolute Gasteiger partial charge is 0.335 e. The van der Waals surface area contributed by atoms with Gasteiger partial charge in [-0.2, -0.15) is 18.3 Å². The standard InChI is InChI=1S/C20H17F3N6O4/c1-27(10-17(30)25-16-8-3-2-7-15(16)20(21,22)23)18(31)11-28-12-24-19(26-28)13-5-4-6-14(9-13)29(32)33/h2-9,12H,10-11H2,1H3,(H,25,30). The molecule has 0 aliphatic carbocycles. The second-order valence-corrected chi connectivity index (χ2v) is 6.91. The van der Waals surface area contributed by atoms with Gasteiger partial charge in [0.2, 0.25) is 11.8 Å². The summed E-state index contributed by atoms with van der Waals surface area (Å²) in [4.78, 5) is 40.0. The molecule has 3 aromatic rings. The number of benzene rings is 2. The summed E-state index contributed by atoms with van der Waals surface area (Å²) in [7, 11) is 1.32.